The van der Waals surface area contributed by atoms with Crippen molar-refractivity contribution in [2.24, 2.45) is 0 Å². The molecule has 2 N–H and O–H groups in total. The van der Waals surface area contributed by atoms with E-state index in [9.17, 15) is 9.59 Å². The molecule has 0 saturated carbocycles. The molecule has 4 aromatic rings. The number of nitrogens with one attached hydrogen (secondary N) is 2. The van der Waals surface area contributed by atoms with Crippen LogP contribution in [0.15, 0.2) is 60.9 Å². The predicted octanol–water partition coefficient (Wildman–Crippen LogP) is 3.66. The quantitative estimate of drug-likeness (QED) is 0.270. The van der Waals surface area contributed by atoms with Gasteiger partial charge in [-0.25, -0.2) is 0 Å². The molecule has 2 amide bonds. The van der Waals surface area contributed by atoms with Crippen molar-refractivity contribution in [3.8, 4) is 0 Å². The van der Waals surface area contributed by atoms with E-state index >= 15 is 0 Å². The van der Waals surface area contributed by atoms with Gasteiger partial charge in [-0.2, -0.15) is 0 Å². The van der Waals surface area contributed by atoms with Crippen LogP contribution in [0.5, 0.6) is 0 Å². The van der Waals surface area contributed by atoms with Crippen molar-refractivity contribution in [1.82, 2.24) is 30.4 Å². The van der Waals surface area contributed by atoms with Gasteiger partial charge in [-0.1, -0.05) is 47.0 Å². The molecule has 184 valence electrons. The standard InChI is InChI=1S/C24H24N8O2S2/c33-19(15-17-9-5-7-13-25-17)27-23-31-29-21(35-23)11-3-1-2-4-12-22-30-32-24(36-22)28-20(34)16-18-10-6-8-14-26-18/h1-2,5-10,13-14H,3-4,11-12,15-16H2,(H,27,31,33)(H,28,32,34). The molecule has 0 fully saturated rings. The molecule has 0 aliphatic carbocycles. The number of anilines is 2. The van der Waals surface area contributed by atoms with Crippen LogP contribution in [0.25, 0.3) is 0 Å². The highest BCUT2D eigenvalue weighted by Gasteiger charge is 2.10. The zero-order valence-electron chi connectivity index (χ0n) is 19.3. The Bertz CT molecular complexity index is 1190. The molecular weight excluding hydrogens is 496 g/mol. The average molecular weight is 521 g/mol. The highest BCUT2D eigenvalue weighted by Crippen LogP contribution is 2.18. The summed E-state index contributed by atoms with van der Waals surface area (Å²) >= 11 is 2.75. The summed E-state index contributed by atoms with van der Waals surface area (Å²) in [5.74, 6) is -0.326. The summed E-state index contributed by atoms with van der Waals surface area (Å²) in [6.07, 6.45) is 11.0. The Morgan fingerprint density at radius 2 is 1.17 bits per heavy atom. The Morgan fingerprint density at radius 3 is 1.58 bits per heavy atom. The summed E-state index contributed by atoms with van der Waals surface area (Å²) in [5, 5.41) is 24.6. The number of allylic oxidation sites excluding steroid dienone is 2. The molecule has 0 aliphatic heterocycles. The van der Waals surface area contributed by atoms with Crippen molar-refractivity contribution in [2.45, 2.75) is 38.5 Å². The van der Waals surface area contributed by atoms with E-state index in [0.29, 0.717) is 21.7 Å². The van der Waals surface area contributed by atoms with Crippen molar-refractivity contribution in [3.63, 3.8) is 0 Å². The molecule has 0 radical (unpaired) electrons. The second kappa shape index (κ2) is 13.3. The van der Waals surface area contributed by atoms with E-state index < -0.39 is 0 Å². The third-order valence-electron chi connectivity index (χ3n) is 4.78. The van der Waals surface area contributed by atoms with Crippen LogP contribution in [-0.4, -0.2) is 42.2 Å². The molecule has 12 heteroatoms. The Hall–Kier alpha value is -3.90. The molecule has 36 heavy (non-hydrogen) atoms. The summed E-state index contributed by atoms with van der Waals surface area (Å²) in [5.41, 5.74) is 1.42. The van der Waals surface area contributed by atoms with Crippen LogP contribution in [0.1, 0.15) is 34.2 Å². The summed E-state index contributed by atoms with van der Waals surface area (Å²) in [7, 11) is 0. The highest BCUT2D eigenvalue weighted by atomic mass is 32.1. The van der Waals surface area contributed by atoms with E-state index in [-0.39, 0.29) is 24.7 Å². The minimum Gasteiger partial charge on any atom is -0.300 e. The lowest BCUT2D eigenvalue weighted by Gasteiger charge is -2.00. The summed E-state index contributed by atoms with van der Waals surface area (Å²) < 4.78 is 0. The zero-order valence-corrected chi connectivity index (χ0v) is 21.0. The maximum absolute atomic E-state index is 12.1. The fraction of sp³-hybridized carbons (Fsp3) is 0.250. The monoisotopic (exact) mass is 520 g/mol. The SMILES string of the molecule is O=C(Cc1ccccn1)Nc1nnc(CCC=CCCc2nnc(NC(=O)Cc3ccccn3)s2)s1. The topological polar surface area (TPSA) is 136 Å². The second-order valence-corrected chi connectivity index (χ2v) is 9.77. The van der Waals surface area contributed by atoms with Crippen molar-refractivity contribution in [1.29, 1.82) is 0 Å². The molecule has 0 aliphatic rings. The van der Waals surface area contributed by atoms with E-state index in [1.165, 1.54) is 22.7 Å². The van der Waals surface area contributed by atoms with Crippen molar-refractivity contribution in [2.75, 3.05) is 10.6 Å². The van der Waals surface area contributed by atoms with E-state index in [2.05, 4.69) is 53.1 Å². The van der Waals surface area contributed by atoms with E-state index in [1.54, 1.807) is 12.4 Å². The second-order valence-electron chi connectivity index (χ2n) is 7.64. The van der Waals surface area contributed by atoms with Crippen LogP contribution in [0.3, 0.4) is 0 Å². The maximum atomic E-state index is 12.1. The first-order valence-electron chi connectivity index (χ1n) is 11.3. The van der Waals surface area contributed by atoms with Gasteiger partial charge in [-0.3, -0.25) is 19.6 Å². The lowest BCUT2D eigenvalue weighted by Crippen LogP contribution is -2.14. The molecular formula is C24H24N8O2S2. The number of carbonyl (C=O) groups is 2. The minimum absolute atomic E-state index is 0.163. The lowest BCUT2D eigenvalue weighted by molar-refractivity contribution is -0.116. The van der Waals surface area contributed by atoms with Gasteiger partial charge in [0.15, 0.2) is 0 Å². The van der Waals surface area contributed by atoms with Gasteiger partial charge in [0, 0.05) is 36.6 Å². The Labute approximate surface area is 216 Å². The molecule has 0 bridgehead atoms. The first-order valence-corrected chi connectivity index (χ1v) is 13.0. The zero-order chi connectivity index (χ0) is 25.0. The molecule has 4 aromatic heterocycles. The predicted molar refractivity (Wildman–Crippen MR) is 139 cm³/mol. The minimum atomic E-state index is -0.163. The van der Waals surface area contributed by atoms with Crippen LogP contribution in [0, 0.1) is 0 Å². The Morgan fingerprint density at radius 1 is 0.694 bits per heavy atom. The molecule has 4 heterocycles. The van der Waals surface area contributed by atoms with Gasteiger partial charge in [0.25, 0.3) is 0 Å². The van der Waals surface area contributed by atoms with Crippen molar-refractivity contribution >= 4 is 44.8 Å². The maximum Gasteiger partial charge on any atom is 0.232 e. The first-order chi connectivity index (χ1) is 17.6. The van der Waals surface area contributed by atoms with Crippen LogP contribution in [0.2, 0.25) is 0 Å². The number of nitrogens with zero attached hydrogens (tertiary/aromatic N) is 6. The normalized spacial score (nSPS) is 11.0. The highest BCUT2D eigenvalue weighted by molar-refractivity contribution is 7.15. The van der Waals surface area contributed by atoms with Gasteiger partial charge in [0.05, 0.1) is 12.8 Å². The summed E-state index contributed by atoms with van der Waals surface area (Å²) in [6.45, 7) is 0. The Balaban J connectivity index is 1.12. The van der Waals surface area contributed by atoms with E-state index in [4.69, 9.17) is 0 Å². The molecule has 0 spiro atoms. The number of hydrogen-bond donors (Lipinski definition) is 2. The van der Waals surface area contributed by atoms with Gasteiger partial charge in [0.1, 0.15) is 10.0 Å². The molecule has 0 unspecified atom stereocenters. The van der Waals surface area contributed by atoms with Crippen LogP contribution < -0.4 is 10.6 Å². The summed E-state index contributed by atoms with van der Waals surface area (Å²) in [6, 6.07) is 10.9. The van der Waals surface area contributed by atoms with Gasteiger partial charge in [-0.05, 0) is 37.1 Å². The number of amides is 2. The average Bonchev–Trinajstić information content (AvgIpc) is 3.51. The molecule has 4 rings (SSSR count). The molecule has 0 saturated heterocycles. The smallest absolute Gasteiger partial charge is 0.232 e. The number of pyridine rings is 2. The molecule has 0 aromatic carbocycles. The first kappa shape index (κ1) is 25.2. The fourth-order valence-electron chi connectivity index (χ4n) is 3.12. The van der Waals surface area contributed by atoms with Gasteiger partial charge < -0.3 is 10.6 Å². The number of aryl methyl sites for hydroxylation is 2. The molecule has 0 atom stereocenters. The van der Waals surface area contributed by atoms with Crippen molar-refractivity contribution < 1.29 is 9.59 Å². The third kappa shape index (κ3) is 8.40. The number of hydrogen-bond acceptors (Lipinski definition) is 10. The van der Waals surface area contributed by atoms with Gasteiger partial charge in [-0.15, -0.1) is 20.4 Å². The van der Waals surface area contributed by atoms with E-state index in [0.717, 1.165) is 35.7 Å². The number of carbonyl (C=O) groups excluding carboxylic acids is 2. The van der Waals surface area contributed by atoms with Gasteiger partial charge in [0.2, 0.25) is 22.1 Å². The lowest BCUT2D eigenvalue weighted by atomic mass is 10.2. The Kier molecular flexibility index (Phi) is 9.28. The molecule has 10 nitrogen and oxygen atoms in total. The van der Waals surface area contributed by atoms with Crippen LogP contribution >= 0.6 is 22.7 Å². The van der Waals surface area contributed by atoms with E-state index in [1.807, 2.05) is 36.4 Å². The number of aromatic nitrogens is 6. The number of rotatable bonds is 12. The van der Waals surface area contributed by atoms with Gasteiger partial charge >= 0.3 is 0 Å². The van der Waals surface area contributed by atoms with Crippen molar-refractivity contribution in [3.05, 3.63) is 82.3 Å². The van der Waals surface area contributed by atoms with Crippen LogP contribution in [-0.2, 0) is 35.3 Å². The third-order valence-corrected chi connectivity index (χ3v) is 6.58. The summed E-state index contributed by atoms with van der Waals surface area (Å²) in [4.78, 5) is 32.5. The van der Waals surface area contributed by atoms with Crippen LogP contribution in [0.4, 0.5) is 10.3 Å². The fourth-order valence-corrected chi connectivity index (χ4v) is 4.66. The largest absolute Gasteiger partial charge is 0.300 e.